The molecule has 0 aromatic heterocycles. The Hall–Kier alpha value is -0.770. The number of alkyl halides is 1. The summed E-state index contributed by atoms with van der Waals surface area (Å²) in [6, 6.07) is -0.335. The van der Waals surface area contributed by atoms with Crippen molar-refractivity contribution in [2.75, 3.05) is 19.0 Å². The fourth-order valence-corrected chi connectivity index (χ4v) is 1.11. The van der Waals surface area contributed by atoms with Crippen LogP contribution in [-0.4, -0.2) is 36.9 Å². The molecule has 5 heteroatoms. The molecule has 0 aliphatic carbocycles. The quantitative estimate of drug-likeness (QED) is 0.510. The molecule has 0 spiro atoms. The maximum atomic E-state index is 11.1. The topological polar surface area (TPSA) is 50.7 Å². The molecule has 1 aliphatic heterocycles. The van der Waals surface area contributed by atoms with E-state index >= 15 is 0 Å². The second-order valence-corrected chi connectivity index (χ2v) is 2.64. The van der Waals surface area contributed by atoms with Crippen molar-refractivity contribution >= 4 is 23.4 Å². The van der Waals surface area contributed by atoms with Gasteiger partial charge >= 0.3 is 5.97 Å². The lowest BCUT2D eigenvalue weighted by Crippen LogP contribution is -2.39. The summed E-state index contributed by atoms with van der Waals surface area (Å²) in [6.07, 6.45) is 0. The number of hydrogen-bond acceptors (Lipinski definition) is 4. The number of rotatable bonds is 3. The van der Waals surface area contributed by atoms with Gasteiger partial charge in [0.2, 0.25) is 0 Å². The summed E-state index contributed by atoms with van der Waals surface area (Å²) >= 11 is 5.51. The number of nitrogens with zero attached hydrogens (tertiary/aromatic N) is 1. The molecule has 0 aromatic carbocycles. The minimum Gasteiger partial charge on any atom is -0.464 e. The van der Waals surface area contributed by atoms with Gasteiger partial charge in [-0.3, -0.25) is 4.99 Å². The van der Waals surface area contributed by atoms with Crippen LogP contribution in [0.15, 0.2) is 4.99 Å². The first-order chi connectivity index (χ1) is 5.77. The largest absolute Gasteiger partial charge is 0.464 e. The Kier molecular flexibility index (Phi) is 3.34. The van der Waals surface area contributed by atoms with E-state index in [0.717, 1.165) is 0 Å². The van der Waals surface area contributed by atoms with Crippen LogP contribution in [0.5, 0.6) is 0 Å². The molecule has 12 heavy (non-hydrogen) atoms. The van der Waals surface area contributed by atoms with Crippen LogP contribution >= 0.6 is 11.6 Å². The van der Waals surface area contributed by atoms with Gasteiger partial charge in [-0.1, -0.05) is 0 Å². The Bertz CT molecular complexity index is 206. The molecule has 0 saturated heterocycles. The molecule has 4 nitrogen and oxygen atoms in total. The lowest BCUT2D eigenvalue weighted by molar-refractivity contribution is -0.144. The number of nitrogens with one attached hydrogen (secondary N) is 1. The van der Waals surface area contributed by atoms with E-state index in [4.69, 9.17) is 16.3 Å². The molecule has 1 unspecified atom stereocenters. The number of carbonyl (C=O) groups excluding carboxylic acids is 1. The normalized spacial score (nSPS) is 21.5. The first-order valence-corrected chi connectivity index (χ1v) is 4.33. The minimum atomic E-state index is -0.335. The third kappa shape index (κ3) is 2.11. The standard InChI is InChI=1S/C7H11ClN2O2/c1-2-12-7(11)5-4-9-6(3-8)10-5/h5H,2-4H2,1H3,(H,9,10). The van der Waals surface area contributed by atoms with Crippen LogP contribution in [-0.2, 0) is 9.53 Å². The predicted molar refractivity (Wildman–Crippen MR) is 46.6 cm³/mol. The maximum Gasteiger partial charge on any atom is 0.330 e. The molecular weight excluding hydrogens is 180 g/mol. The zero-order valence-electron chi connectivity index (χ0n) is 6.84. The molecular formula is C7H11ClN2O2. The zero-order chi connectivity index (χ0) is 8.97. The van der Waals surface area contributed by atoms with E-state index in [1.807, 2.05) is 0 Å². The Morgan fingerprint density at radius 2 is 2.67 bits per heavy atom. The first kappa shape index (κ1) is 9.32. The number of ether oxygens (including phenoxy) is 1. The van der Waals surface area contributed by atoms with Gasteiger partial charge in [-0.05, 0) is 6.92 Å². The van der Waals surface area contributed by atoms with Crippen molar-refractivity contribution in [2.24, 2.45) is 4.99 Å². The van der Waals surface area contributed by atoms with Gasteiger partial charge < -0.3 is 10.1 Å². The van der Waals surface area contributed by atoms with Crippen molar-refractivity contribution in [2.45, 2.75) is 13.0 Å². The van der Waals surface area contributed by atoms with E-state index in [1.54, 1.807) is 6.92 Å². The van der Waals surface area contributed by atoms with Crippen molar-refractivity contribution < 1.29 is 9.53 Å². The Morgan fingerprint density at radius 3 is 3.17 bits per heavy atom. The average molecular weight is 191 g/mol. The summed E-state index contributed by atoms with van der Waals surface area (Å²) in [5.74, 6) is 0.715. The third-order valence-electron chi connectivity index (χ3n) is 1.50. The van der Waals surface area contributed by atoms with E-state index in [-0.39, 0.29) is 12.0 Å². The number of hydrogen-bond donors (Lipinski definition) is 1. The van der Waals surface area contributed by atoms with Gasteiger partial charge in [-0.15, -0.1) is 11.6 Å². The van der Waals surface area contributed by atoms with Gasteiger partial charge in [0, 0.05) is 0 Å². The highest BCUT2D eigenvalue weighted by atomic mass is 35.5. The van der Waals surface area contributed by atoms with Gasteiger partial charge in [-0.25, -0.2) is 4.79 Å². The van der Waals surface area contributed by atoms with E-state index in [9.17, 15) is 4.79 Å². The summed E-state index contributed by atoms with van der Waals surface area (Å²) in [5.41, 5.74) is 0. The lowest BCUT2D eigenvalue weighted by atomic mass is 10.3. The molecule has 0 amide bonds. The first-order valence-electron chi connectivity index (χ1n) is 3.80. The Labute approximate surface area is 75.9 Å². The van der Waals surface area contributed by atoms with E-state index in [0.29, 0.717) is 24.9 Å². The molecule has 1 N–H and O–H groups in total. The minimum absolute atomic E-state index is 0.263. The fourth-order valence-electron chi connectivity index (χ4n) is 0.951. The maximum absolute atomic E-state index is 11.1. The molecule has 0 fully saturated rings. The fraction of sp³-hybridized carbons (Fsp3) is 0.714. The summed E-state index contributed by atoms with van der Waals surface area (Å²) < 4.78 is 4.80. The number of esters is 1. The molecule has 68 valence electrons. The van der Waals surface area contributed by atoms with Gasteiger partial charge in [0.15, 0.2) is 0 Å². The predicted octanol–water partition coefficient (Wildman–Crippen LogP) is 0.159. The van der Waals surface area contributed by atoms with Crippen LogP contribution in [0, 0.1) is 0 Å². The molecule has 0 saturated carbocycles. The van der Waals surface area contributed by atoms with Crippen LogP contribution < -0.4 is 5.32 Å². The number of carbonyl (C=O) groups is 1. The average Bonchev–Trinajstić information content (AvgIpc) is 2.52. The molecule has 1 heterocycles. The number of halogens is 1. The van der Waals surface area contributed by atoms with Crippen LogP contribution in [0.1, 0.15) is 6.92 Å². The summed E-state index contributed by atoms with van der Waals surface area (Å²) in [6.45, 7) is 2.60. The van der Waals surface area contributed by atoms with Gasteiger partial charge in [0.25, 0.3) is 0 Å². The molecule has 0 bridgehead atoms. The van der Waals surface area contributed by atoms with Crippen LogP contribution in [0.2, 0.25) is 0 Å². The highest BCUT2D eigenvalue weighted by molar-refractivity contribution is 6.28. The van der Waals surface area contributed by atoms with E-state index < -0.39 is 0 Å². The Balaban J connectivity index is 2.35. The summed E-state index contributed by atoms with van der Waals surface area (Å²) in [5, 5.41) is 2.87. The second-order valence-electron chi connectivity index (χ2n) is 2.37. The van der Waals surface area contributed by atoms with Crippen molar-refractivity contribution in [3.63, 3.8) is 0 Å². The van der Waals surface area contributed by atoms with Crippen LogP contribution in [0.25, 0.3) is 0 Å². The molecule has 0 radical (unpaired) electrons. The van der Waals surface area contributed by atoms with Crippen LogP contribution in [0.3, 0.4) is 0 Å². The van der Waals surface area contributed by atoms with Crippen molar-refractivity contribution in [3.05, 3.63) is 0 Å². The molecule has 0 aromatic rings. The Morgan fingerprint density at radius 1 is 1.92 bits per heavy atom. The molecule has 1 aliphatic rings. The van der Waals surface area contributed by atoms with Gasteiger partial charge in [0.1, 0.15) is 11.9 Å². The summed E-state index contributed by atoms with van der Waals surface area (Å²) in [7, 11) is 0. The zero-order valence-corrected chi connectivity index (χ0v) is 7.60. The van der Waals surface area contributed by atoms with Gasteiger partial charge in [0.05, 0.1) is 19.0 Å². The monoisotopic (exact) mass is 190 g/mol. The third-order valence-corrected chi connectivity index (χ3v) is 1.76. The second kappa shape index (κ2) is 4.30. The smallest absolute Gasteiger partial charge is 0.330 e. The van der Waals surface area contributed by atoms with E-state index in [1.165, 1.54) is 0 Å². The molecule has 1 rings (SSSR count). The molecule has 1 atom stereocenters. The van der Waals surface area contributed by atoms with Crippen molar-refractivity contribution in [1.29, 1.82) is 0 Å². The SMILES string of the molecule is CCOC(=O)C1CN=C(CCl)N1. The van der Waals surface area contributed by atoms with Gasteiger partial charge in [-0.2, -0.15) is 0 Å². The van der Waals surface area contributed by atoms with E-state index in [2.05, 4.69) is 10.3 Å². The van der Waals surface area contributed by atoms with Crippen molar-refractivity contribution in [3.8, 4) is 0 Å². The van der Waals surface area contributed by atoms with Crippen LogP contribution in [0.4, 0.5) is 0 Å². The highest BCUT2D eigenvalue weighted by Gasteiger charge is 2.24. The number of aliphatic imine (C=N–C) groups is 1. The lowest BCUT2D eigenvalue weighted by Gasteiger charge is -2.08. The highest BCUT2D eigenvalue weighted by Crippen LogP contribution is 1.99. The summed E-state index contributed by atoms with van der Waals surface area (Å²) in [4.78, 5) is 15.1. The number of amidine groups is 1. The van der Waals surface area contributed by atoms with Crippen molar-refractivity contribution in [1.82, 2.24) is 5.32 Å².